The molecule has 0 aliphatic carbocycles. The lowest BCUT2D eigenvalue weighted by atomic mass is 10.3. The van der Waals surface area contributed by atoms with E-state index in [0.29, 0.717) is 6.54 Å². The summed E-state index contributed by atoms with van der Waals surface area (Å²) in [6, 6.07) is 1.64. The van der Waals surface area contributed by atoms with Crippen molar-refractivity contribution in [3.05, 3.63) is 18.0 Å². The van der Waals surface area contributed by atoms with E-state index in [-0.39, 0.29) is 16.5 Å². The van der Waals surface area contributed by atoms with Gasteiger partial charge < -0.3 is 5.73 Å². The molecular weight excluding hydrogens is 268 g/mol. The number of hydrogen-bond donors (Lipinski definition) is 3. The molecule has 0 fully saturated rings. The van der Waals surface area contributed by atoms with E-state index in [9.17, 15) is 8.42 Å². The average Bonchev–Trinajstić information content (AvgIpc) is 2.95. The second-order valence-electron chi connectivity index (χ2n) is 3.97. The first-order valence-corrected chi connectivity index (χ1v) is 7.34. The largest absolute Gasteiger partial charge is 0.381 e. The van der Waals surface area contributed by atoms with Crippen LogP contribution in [0.1, 0.15) is 19.5 Å². The topological polar surface area (TPSA) is 119 Å². The van der Waals surface area contributed by atoms with Gasteiger partial charge in [-0.2, -0.15) is 10.2 Å². The molecule has 0 aliphatic rings. The van der Waals surface area contributed by atoms with Gasteiger partial charge in [-0.05, 0) is 13.3 Å². The summed E-state index contributed by atoms with van der Waals surface area (Å²) in [4.78, 5) is -0.0459. The minimum absolute atomic E-state index is 0.0272. The number of nitrogens with one attached hydrogen (secondary N) is 2. The zero-order valence-electron chi connectivity index (χ0n) is 10.7. The SMILES string of the molecule is CCc1cc(NS(=O)(=O)c2cn(CC)nc2N)n[nH]1. The fourth-order valence-electron chi connectivity index (χ4n) is 1.57. The second-order valence-corrected chi connectivity index (χ2v) is 5.62. The van der Waals surface area contributed by atoms with Crippen LogP contribution in [0, 0.1) is 0 Å². The highest BCUT2D eigenvalue weighted by Gasteiger charge is 2.22. The molecule has 2 heterocycles. The van der Waals surface area contributed by atoms with Gasteiger partial charge in [-0.15, -0.1) is 0 Å². The van der Waals surface area contributed by atoms with E-state index in [1.54, 1.807) is 6.07 Å². The molecule has 2 aromatic heterocycles. The summed E-state index contributed by atoms with van der Waals surface area (Å²) in [6.07, 6.45) is 2.13. The zero-order valence-corrected chi connectivity index (χ0v) is 11.5. The summed E-state index contributed by atoms with van der Waals surface area (Å²) in [5.74, 6) is 0.209. The Morgan fingerprint density at radius 1 is 1.47 bits per heavy atom. The maximum atomic E-state index is 12.2. The number of aryl methyl sites for hydroxylation is 2. The van der Waals surface area contributed by atoms with Gasteiger partial charge in [0.2, 0.25) is 0 Å². The average molecular weight is 284 g/mol. The number of anilines is 2. The lowest BCUT2D eigenvalue weighted by Crippen LogP contribution is -2.14. The molecule has 0 saturated carbocycles. The van der Waals surface area contributed by atoms with Crippen LogP contribution in [0.25, 0.3) is 0 Å². The van der Waals surface area contributed by atoms with Crippen molar-refractivity contribution in [3.63, 3.8) is 0 Å². The Morgan fingerprint density at radius 2 is 2.21 bits per heavy atom. The smallest absolute Gasteiger partial charge is 0.268 e. The molecule has 2 aromatic rings. The summed E-state index contributed by atoms with van der Waals surface area (Å²) in [6.45, 7) is 4.33. The van der Waals surface area contributed by atoms with Crippen LogP contribution in [-0.2, 0) is 23.0 Å². The quantitative estimate of drug-likeness (QED) is 0.741. The van der Waals surface area contributed by atoms with Crippen LogP contribution in [0.5, 0.6) is 0 Å². The van der Waals surface area contributed by atoms with E-state index in [1.807, 2.05) is 13.8 Å². The number of nitrogens with zero attached hydrogens (tertiary/aromatic N) is 3. The Bertz CT molecular complexity index is 672. The normalized spacial score (nSPS) is 11.7. The molecule has 4 N–H and O–H groups in total. The molecule has 0 bridgehead atoms. The summed E-state index contributed by atoms with van der Waals surface area (Å²) >= 11 is 0. The summed E-state index contributed by atoms with van der Waals surface area (Å²) in [5, 5.41) is 10.5. The monoisotopic (exact) mass is 284 g/mol. The van der Waals surface area contributed by atoms with Crippen molar-refractivity contribution < 1.29 is 8.42 Å². The number of H-pyrrole nitrogens is 1. The predicted molar refractivity (Wildman–Crippen MR) is 71.1 cm³/mol. The Kier molecular flexibility index (Phi) is 3.47. The number of sulfonamides is 1. The predicted octanol–water partition coefficient (Wildman–Crippen LogP) is 0.571. The van der Waals surface area contributed by atoms with Crippen LogP contribution in [0.15, 0.2) is 17.2 Å². The van der Waals surface area contributed by atoms with Crippen LogP contribution in [0.3, 0.4) is 0 Å². The van der Waals surface area contributed by atoms with Gasteiger partial charge in [0.05, 0.1) is 0 Å². The van der Waals surface area contributed by atoms with Crippen LogP contribution in [0.4, 0.5) is 11.6 Å². The van der Waals surface area contributed by atoms with Gasteiger partial charge in [0.15, 0.2) is 11.6 Å². The van der Waals surface area contributed by atoms with E-state index in [0.717, 1.165) is 12.1 Å². The number of nitrogens with two attached hydrogens (primary N) is 1. The Labute approximate surface area is 111 Å². The molecule has 9 heteroatoms. The lowest BCUT2D eigenvalue weighted by Gasteiger charge is -2.02. The Morgan fingerprint density at radius 3 is 2.74 bits per heavy atom. The molecule has 0 unspecified atom stereocenters. The second kappa shape index (κ2) is 4.92. The van der Waals surface area contributed by atoms with E-state index >= 15 is 0 Å². The van der Waals surface area contributed by atoms with Crippen LogP contribution < -0.4 is 10.5 Å². The molecule has 8 nitrogen and oxygen atoms in total. The van der Waals surface area contributed by atoms with Gasteiger partial charge in [-0.1, -0.05) is 6.92 Å². The van der Waals surface area contributed by atoms with E-state index in [2.05, 4.69) is 20.0 Å². The molecule has 0 saturated heterocycles. The van der Waals surface area contributed by atoms with Crippen molar-refractivity contribution in [3.8, 4) is 0 Å². The van der Waals surface area contributed by atoms with Crippen molar-refractivity contribution in [1.82, 2.24) is 20.0 Å². The molecule has 0 aliphatic heterocycles. The zero-order chi connectivity index (χ0) is 14.0. The standard InChI is InChI=1S/C10H16N6O2S/c1-3-7-5-9(13-12-7)15-19(17,18)8-6-16(4-2)14-10(8)11/h5-6H,3-4H2,1-2H3,(H2,11,14)(H2,12,13,15). The van der Waals surface area contributed by atoms with Crippen molar-refractivity contribution in [2.45, 2.75) is 31.7 Å². The van der Waals surface area contributed by atoms with Crippen LogP contribution in [0.2, 0.25) is 0 Å². The van der Waals surface area contributed by atoms with Gasteiger partial charge >= 0.3 is 0 Å². The highest BCUT2D eigenvalue weighted by atomic mass is 32.2. The Hall–Kier alpha value is -2.03. The number of hydrogen-bond acceptors (Lipinski definition) is 5. The van der Waals surface area contributed by atoms with Crippen LogP contribution in [-0.4, -0.2) is 28.4 Å². The van der Waals surface area contributed by atoms with Gasteiger partial charge in [0, 0.05) is 24.5 Å². The molecule has 104 valence electrons. The minimum Gasteiger partial charge on any atom is -0.381 e. The van der Waals surface area contributed by atoms with Crippen molar-refractivity contribution in [2.75, 3.05) is 10.5 Å². The third kappa shape index (κ3) is 2.70. The fourth-order valence-corrected chi connectivity index (χ4v) is 2.64. The third-order valence-corrected chi connectivity index (χ3v) is 3.99. The maximum Gasteiger partial charge on any atom is 0.268 e. The van der Waals surface area contributed by atoms with Gasteiger partial charge in [-0.25, -0.2) is 8.42 Å². The molecule has 0 amide bonds. The highest BCUT2D eigenvalue weighted by molar-refractivity contribution is 7.92. The lowest BCUT2D eigenvalue weighted by molar-refractivity contribution is 0.600. The van der Waals surface area contributed by atoms with Gasteiger partial charge in [-0.3, -0.25) is 14.5 Å². The van der Waals surface area contributed by atoms with E-state index < -0.39 is 10.0 Å². The number of aromatic amines is 1. The maximum absolute atomic E-state index is 12.2. The molecule has 0 spiro atoms. The third-order valence-electron chi connectivity index (χ3n) is 2.62. The molecule has 2 rings (SSSR count). The van der Waals surface area contributed by atoms with Crippen molar-refractivity contribution in [1.29, 1.82) is 0 Å². The summed E-state index contributed by atoms with van der Waals surface area (Å²) < 4.78 is 28.1. The fraction of sp³-hybridized carbons (Fsp3) is 0.400. The molecular formula is C10H16N6O2S. The number of aromatic nitrogens is 4. The molecule has 0 radical (unpaired) electrons. The molecule has 19 heavy (non-hydrogen) atoms. The summed E-state index contributed by atoms with van der Waals surface area (Å²) in [5.41, 5.74) is 6.45. The van der Waals surface area contributed by atoms with Crippen molar-refractivity contribution in [2.24, 2.45) is 0 Å². The van der Waals surface area contributed by atoms with Crippen molar-refractivity contribution >= 4 is 21.7 Å². The van der Waals surface area contributed by atoms with Gasteiger partial charge in [0.1, 0.15) is 4.90 Å². The Balaban J connectivity index is 2.29. The van der Waals surface area contributed by atoms with E-state index in [4.69, 9.17) is 5.73 Å². The first-order valence-electron chi connectivity index (χ1n) is 5.86. The first-order chi connectivity index (χ1) is 8.96. The number of rotatable bonds is 5. The van der Waals surface area contributed by atoms with E-state index in [1.165, 1.54) is 10.9 Å². The first kappa shape index (κ1) is 13.4. The summed E-state index contributed by atoms with van der Waals surface area (Å²) in [7, 11) is -3.77. The van der Waals surface area contributed by atoms with Crippen LogP contribution >= 0.6 is 0 Å². The minimum atomic E-state index is -3.77. The number of nitrogen functional groups attached to an aromatic ring is 1. The molecule has 0 aromatic carbocycles. The highest BCUT2D eigenvalue weighted by Crippen LogP contribution is 2.19. The molecule has 0 atom stereocenters. The van der Waals surface area contributed by atoms with Gasteiger partial charge in [0.25, 0.3) is 10.0 Å².